The van der Waals surface area contributed by atoms with Crippen molar-refractivity contribution in [2.45, 2.75) is 53.4 Å². The zero-order valence-corrected chi connectivity index (χ0v) is 9.74. The first-order valence-corrected chi connectivity index (χ1v) is 5.83. The Labute approximate surface area is 83.3 Å². The molecule has 1 N–H and O–H groups in total. The molecule has 0 unspecified atom stereocenters. The highest BCUT2D eigenvalue weighted by molar-refractivity contribution is 4.99. The van der Waals surface area contributed by atoms with E-state index in [0.717, 1.165) is 5.41 Å². The summed E-state index contributed by atoms with van der Waals surface area (Å²) in [5, 5.41) is 3.53. The Balaban J connectivity index is 0.000000396. The smallest absolute Gasteiger partial charge is 0.000273 e. The van der Waals surface area contributed by atoms with Crippen LogP contribution in [0.1, 0.15) is 53.4 Å². The molecule has 0 aromatic heterocycles. The summed E-state index contributed by atoms with van der Waals surface area (Å²) in [6.45, 7) is 11.3. The first kappa shape index (κ1) is 11.0. The fourth-order valence-corrected chi connectivity index (χ4v) is 2.55. The summed E-state index contributed by atoms with van der Waals surface area (Å²) < 4.78 is 0. The molecule has 1 saturated heterocycles. The van der Waals surface area contributed by atoms with Gasteiger partial charge in [-0.05, 0) is 43.1 Å². The zero-order chi connectivity index (χ0) is 9.95. The van der Waals surface area contributed by atoms with Crippen LogP contribution in [0.3, 0.4) is 0 Å². The lowest BCUT2D eigenvalue weighted by molar-refractivity contribution is 0.271. The molecule has 0 radical (unpaired) electrons. The Morgan fingerprint density at radius 3 is 2.15 bits per heavy atom. The van der Waals surface area contributed by atoms with Crippen LogP contribution in [0.4, 0.5) is 0 Å². The summed E-state index contributed by atoms with van der Waals surface area (Å²) in [5.74, 6) is 0. The number of hydrogen-bond acceptors (Lipinski definition) is 1. The molecular formula is C12H25N. The molecule has 2 rings (SSSR count). The van der Waals surface area contributed by atoms with Crippen LogP contribution in [0, 0.1) is 10.8 Å². The molecule has 1 nitrogen and oxygen atoms in total. The van der Waals surface area contributed by atoms with Crippen molar-refractivity contribution in [2.24, 2.45) is 10.8 Å². The molecule has 1 heteroatoms. The van der Waals surface area contributed by atoms with Crippen molar-refractivity contribution in [1.82, 2.24) is 5.32 Å². The van der Waals surface area contributed by atoms with E-state index in [1.807, 2.05) is 13.8 Å². The van der Waals surface area contributed by atoms with Gasteiger partial charge in [0.1, 0.15) is 0 Å². The molecule has 0 atom stereocenters. The van der Waals surface area contributed by atoms with Gasteiger partial charge in [-0.3, -0.25) is 0 Å². The zero-order valence-electron chi connectivity index (χ0n) is 9.74. The Kier molecular flexibility index (Phi) is 3.39. The molecule has 0 bridgehead atoms. The van der Waals surface area contributed by atoms with Crippen molar-refractivity contribution in [2.75, 3.05) is 13.1 Å². The largest absolute Gasteiger partial charge is 0.316 e. The van der Waals surface area contributed by atoms with E-state index < -0.39 is 0 Å². The Morgan fingerprint density at radius 1 is 1.00 bits per heavy atom. The van der Waals surface area contributed by atoms with Crippen LogP contribution in [-0.2, 0) is 0 Å². The van der Waals surface area contributed by atoms with Crippen LogP contribution in [0.15, 0.2) is 0 Å². The van der Waals surface area contributed by atoms with E-state index in [4.69, 9.17) is 0 Å². The molecule has 1 heterocycles. The fourth-order valence-electron chi connectivity index (χ4n) is 2.55. The van der Waals surface area contributed by atoms with Gasteiger partial charge in [0.2, 0.25) is 0 Å². The number of hydrogen-bond donors (Lipinski definition) is 1. The topological polar surface area (TPSA) is 12.0 Å². The third-order valence-corrected chi connectivity index (χ3v) is 3.25. The molecule has 1 spiro atoms. The Hall–Kier alpha value is -0.0400. The highest BCUT2D eigenvalue weighted by Crippen LogP contribution is 2.56. The Morgan fingerprint density at radius 2 is 1.62 bits per heavy atom. The maximum absolute atomic E-state index is 3.53. The molecule has 13 heavy (non-hydrogen) atoms. The minimum absolute atomic E-state index is 0.549. The average Bonchev–Trinajstić information content (AvgIpc) is 2.84. The van der Waals surface area contributed by atoms with Crippen LogP contribution >= 0.6 is 0 Å². The van der Waals surface area contributed by atoms with E-state index in [9.17, 15) is 0 Å². The van der Waals surface area contributed by atoms with Gasteiger partial charge in [0.15, 0.2) is 0 Å². The second kappa shape index (κ2) is 4.00. The fraction of sp³-hybridized carbons (Fsp3) is 1.00. The maximum Gasteiger partial charge on any atom is 0.000273 e. The average molecular weight is 183 g/mol. The second-order valence-corrected chi connectivity index (χ2v) is 5.27. The van der Waals surface area contributed by atoms with Crippen LogP contribution in [0.25, 0.3) is 0 Å². The van der Waals surface area contributed by atoms with Crippen LogP contribution in [0.2, 0.25) is 0 Å². The predicted octanol–water partition coefficient (Wildman–Crippen LogP) is 3.20. The summed E-state index contributed by atoms with van der Waals surface area (Å²) in [5.41, 5.74) is 1.33. The van der Waals surface area contributed by atoms with E-state index >= 15 is 0 Å². The molecule has 78 valence electrons. The van der Waals surface area contributed by atoms with Gasteiger partial charge in [0, 0.05) is 6.54 Å². The van der Waals surface area contributed by atoms with Gasteiger partial charge in [-0.25, -0.2) is 0 Å². The first-order chi connectivity index (χ1) is 6.12. The standard InChI is InChI=1S/C10H19N.C2H6/c1-9(2)7-10(3-4-10)5-6-11-8-9;1-2/h11H,3-8H2,1-2H3;1-2H3. The summed E-state index contributed by atoms with van der Waals surface area (Å²) in [6, 6.07) is 0. The van der Waals surface area contributed by atoms with Gasteiger partial charge in [0.05, 0.1) is 0 Å². The van der Waals surface area contributed by atoms with Crippen molar-refractivity contribution in [1.29, 1.82) is 0 Å². The lowest BCUT2D eigenvalue weighted by Gasteiger charge is -2.25. The number of nitrogens with one attached hydrogen (secondary N) is 1. The van der Waals surface area contributed by atoms with Gasteiger partial charge in [0.25, 0.3) is 0 Å². The van der Waals surface area contributed by atoms with Gasteiger partial charge < -0.3 is 5.32 Å². The van der Waals surface area contributed by atoms with Crippen molar-refractivity contribution >= 4 is 0 Å². The van der Waals surface area contributed by atoms with Crippen LogP contribution < -0.4 is 5.32 Å². The lowest BCUT2D eigenvalue weighted by Crippen LogP contribution is -2.27. The predicted molar refractivity (Wildman–Crippen MR) is 58.9 cm³/mol. The quantitative estimate of drug-likeness (QED) is 0.608. The molecular weight excluding hydrogens is 158 g/mol. The highest BCUT2D eigenvalue weighted by Gasteiger charge is 2.46. The molecule has 2 aliphatic rings. The van der Waals surface area contributed by atoms with E-state index in [2.05, 4.69) is 19.2 Å². The molecule has 1 aliphatic heterocycles. The van der Waals surface area contributed by atoms with E-state index in [-0.39, 0.29) is 0 Å². The molecule has 0 aromatic carbocycles. The van der Waals surface area contributed by atoms with E-state index in [1.54, 1.807) is 0 Å². The van der Waals surface area contributed by atoms with Gasteiger partial charge >= 0.3 is 0 Å². The van der Waals surface area contributed by atoms with Crippen molar-refractivity contribution in [3.05, 3.63) is 0 Å². The maximum atomic E-state index is 3.53. The van der Waals surface area contributed by atoms with Gasteiger partial charge in [-0.15, -0.1) is 0 Å². The Bertz CT molecular complexity index is 151. The SMILES string of the molecule is CC.CC1(C)CNCCC2(CC2)C1. The van der Waals surface area contributed by atoms with Crippen LogP contribution in [-0.4, -0.2) is 13.1 Å². The van der Waals surface area contributed by atoms with Gasteiger partial charge in [-0.1, -0.05) is 27.7 Å². The monoisotopic (exact) mass is 183 g/mol. The minimum Gasteiger partial charge on any atom is -0.316 e. The van der Waals surface area contributed by atoms with Crippen molar-refractivity contribution < 1.29 is 0 Å². The molecule has 0 amide bonds. The normalized spacial score (nSPS) is 28.6. The molecule has 1 aliphatic carbocycles. The van der Waals surface area contributed by atoms with Crippen molar-refractivity contribution in [3.8, 4) is 0 Å². The van der Waals surface area contributed by atoms with Gasteiger partial charge in [-0.2, -0.15) is 0 Å². The summed E-state index contributed by atoms with van der Waals surface area (Å²) in [4.78, 5) is 0. The first-order valence-electron chi connectivity index (χ1n) is 5.83. The molecule has 2 fully saturated rings. The van der Waals surface area contributed by atoms with Crippen molar-refractivity contribution in [3.63, 3.8) is 0 Å². The molecule has 1 saturated carbocycles. The van der Waals surface area contributed by atoms with E-state index in [1.165, 1.54) is 38.8 Å². The van der Waals surface area contributed by atoms with Crippen LogP contribution in [0.5, 0.6) is 0 Å². The lowest BCUT2D eigenvalue weighted by atomic mass is 9.81. The summed E-state index contributed by atoms with van der Waals surface area (Å²) >= 11 is 0. The summed E-state index contributed by atoms with van der Waals surface area (Å²) in [7, 11) is 0. The highest BCUT2D eigenvalue weighted by atomic mass is 14.9. The third kappa shape index (κ3) is 2.98. The minimum atomic E-state index is 0.549. The second-order valence-electron chi connectivity index (χ2n) is 5.27. The summed E-state index contributed by atoms with van der Waals surface area (Å²) in [6.07, 6.45) is 5.87. The molecule has 0 aromatic rings. The number of rotatable bonds is 0. The third-order valence-electron chi connectivity index (χ3n) is 3.25. The van der Waals surface area contributed by atoms with E-state index in [0.29, 0.717) is 5.41 Å².